The first-order chi connectivity index (χ1) is 14.8. The molecule has 0 bridgehead atoms. The summed E-state index contributed by atoms with van der Waals surface area (Å²) >= 11 is 0. The molecule has 0 spiro atoms. The minimum Gasteiger partial charge on any atom is -0.472 e. The molecule has 4 rings (SSSR count). The van der Waals surface area contributed by atoms with Crippen molar-refractivity contribution in [3.8, 4) is 11.9 Å². The zero-order valence-electron chi connectivity index (χ0n) is 18.2. The summed E-state index contributed by atoms with van der Waals surface area (Å²) in [5.74, 6) is -1.53. The minimum atomic E-state index is -0.866. The van der Waals surface area contributed by atoms with E-state index in [0.717, 1.165) is 38.5 Å². The van der Waals surface area contributed by atoms with E-state index in [1.54, 1.807) is 14.0 Å². The van der Waals surface area contributed by atoms with Crippen molar-refractivity contribution in [2.75, 3.05) is 6.61 Å². The summed E-state index contributed by atoms with van der Waals surface area (Å²) in [6.07, 6.45) is 5.28. The molecule has 31 heavy (non-hydrogen) atoms. The Balaban J connectivity index is 1.37. The van der Waals surface area contributed by atoms with Crippen LogP contribution in [0.25, 0.3) is 11.0 Å². The van der Waals surface area contributed by atoms with Gasteiger partial charge in [-0.05, 0) is 51.4 Å². The normalized spacial score (nSPS) is 22.5. The molecule has 2 aromatic rings. The van der Waals surface area contributed by atoms with E-state index in [1.165, 1.54) is 4.57 Å². The van der Waals surface area contributed by atoms with Crippen LogP contribution < -0.4 is 9.47 Å². The van der Waals surface area contributed by atoms with Gasteiger partial charge < -0.3 is 19.0 Å². The highest BCUT2D eigenvalue weighted by Crippen LogP contribution is 2.34. The number of nitrogens with zero attached hydrogens (tertiary/aromatic N) is 3. The average Bonchev–Trinajstić information content (AvgIpc) is 3.47. The van der Waals surface area contributed by atoms with E-state index in [2.05, 4.69) is 9.97 Å². The molecule has 170 valence electrons. The number of pyridine rings is 1. The molecule has 0 amide bonds. The number of aryl methyl sites for hydroxylation is 1. The number of hydrogen-bond acceptors (Lipinski definition) is 6. The fourth-order valence-electron chi connectivity index (χ4n) is 4.01. The summed E-state index contributed by atoms with van der Waals surface area (Å²) in [6.45, 7) is 4.17. The fourth-order valence-corrected chi connectivity index (χ4v) is 4.01. The zero-order valence-corrected chi connectivity index (χ0v) is 18.2. The lowest BCUT2D eigenvalue weighted by atomic mass is 9.95. The van der Waals surface area contributed by atoms with Gasteiger partial charge in [0.2, 0.25) is 11.8 Å². The summed E-state index contributed by atoms with van der Waals surface area (Å²) < 4.78 is 48.0. The minimum absolute atomic E-state index is 0.00497. The number of carbonyl (C=O) groups excluding carboxylic acids is 1. The van der Waals surface area contributed by atoms with Gasteiger partial charge >= 0.3 is 0 Å². The van der Waals surface area contributed by atoms with Crippen molar-refractivity contribution in [3.63, 3.8) is 0 Å². The molecule has 9 heteroatoms. The van der Waals surface area contributed by atoms with E-state index in [1.807, 2.05) is 6.92 Å². The van der Waals surface area contributed by atoms with Crippen LogP contribution >= 0.6 is 0 Å². The highest BCUT2D eigenvalue weighted by atomic mass is 19.1. The zero-order chi connectivity index (χ0) is 22.1. The lowest BCUT2D eigenvalue weighted by Crippen LogP contribution is -2.30. The third-order valence-corrected chi connectivity index (χ3v) is 5.79. The van der Waals surface area contributed by atoms with Crippen molar-refractivity contribution in [1.29, 1.82) is 0 Å². The molecule has 0 N–H and O–H groups in total. The smallest absolute Gasteiger partial charge is 0.297 e. The maximum atomic E-state index is 14.9. The number of halogens is 2. The number of rotatable bonds is 9. The van der Waals surface area contributed by atoms with Crippen LogP contribution in [0.2, 0.25) is 0 Å². The molecule has 2 aliphatic carbocycles. The number of imidazole rings is 1. The van der Waals surface area contributed by atoms with Crippen LogP contribution in [-0.4, -0.2) is 45.2 Å². The molecule has 0 unspecified atom stereocenters. The van der Waals surface area contributed by atoms with E-state index >= 15 is 0 Å². The molecule has 2 aliphatic rings. The second-order valence-electron chi connectivity index (χ2n) is 8.85. The van der Waals surface area contributed by atoms with Crippen molar-refractivity contribution in [1.82, 2.24) is 14.5 Å². The van der Waals surface area contributed by atoms with Crippen molar-refractivity contribution in [2.45, 2.75) is 77.1 Å². The quantitative estimate of drug-likeness (QED) is 0.550. The molecule has 2 fully saturated rings. The largest absolute Gasteiger partial charge is 0.472 e. The number of fused-ring (bicyclic) bond motifs is 1. The van der Waals surface area contributed by atoms with Crippen LogP contribution in [0.4, 0.5) is 8.78 Å². The first-order valence-corrected chi connectivity index (χ1v) is 11.0. The summed E-state index contributed by atoms with van der Waals surface area (Å²) in [6, 6.07) is 0.164. The van der Waals surface area contributed by atoms with Crippen LogP contribution in [0.15, 0.2) is 0 Å². The van der Waals surface area contributed by atoms with E-state index in [0.29, 0.717) is 13.0 Å². The molecule has 2 heterocycles. The maximum Gasteiger partial charge on any atom is 0.297 e. The number of ketones is 1. The number of Topliss-reactive ketones (excluding diaryl/α,β-unsaturated/α-hetero) is 1. The number of aromatic nitrogens is 3. The van der Waals surface area contributed by atoms with Crippen LogP contribution in [0, 0.1) is 17.7 Å². The monoisotopic (exact) mass is 437 g/mol. The van der Waals surface area contributed by atoms with Crippen molar-refractivity contribution in [3.05, 3.63) is 11.8 Å². The predicted octanol–water partition coefficient (Wildman–Crippen LogP) is 4.11. The Morgan fingerprint density at radius 2 is 1.68 bits per heavy atom. The van der Waals surface area contributed by atoms with Crippen molar-refractivity contribution >= 4 is 16.8 Å². The van der Waals surface area contributed by atoms with Gasteiger partial charge in [-0.2, -0.15) is 18.7 Å². The van der Waals surface area contributed by atoms with Crippen LogP contribution in [-0.2, 0) is 16.6 Å². The molecule has 1 atom stereocenters. The van der Waals surface area contributed by atoms with E-state index in [9.17, 15) is 13.6 Å². The van der Waals surface area contributed by atoms with Gasteiger partial charge in [0.1, 0.15) is 23.5 Å². The van der Waals surface area contributed by atoms with Crippen molar-refractivity contribution < 1.29 is 27.8 Å². The Kier molecular flexibility index (Phi) is 6.41. The van der Waals surface area contributed by atoms with Gasteiger partial charge in [-0.3, -0.25) is 4.57 Å². The summed E-state index contributed by atoms with van der Waals surface area (Å²) in [7, 11) is 1.60. The summed E-state index contributed by atoms with van der Waals surface area (Å²) in [5, 5.41) is 0. The first-order valence-electron chi connectivity index (χ1n) is 11.0. The van der Waals surface area contributed by atoms with E-state index < -0.39 is 11.8 Å². The standard InChI is InChI=1S/C22H29F2N3O4/c1-12(10-13(2)28)11-29-14-4-6-16(7-5-14)31-22-25-18-19(27(22)3)17(23)21(26-20(18)24)30-15-8-9-15/h12,14-16H,4-11H2,1-3H3/t12-,14?,16?/m1/s1. The highest BCUT2D eigenvalue weighted by molar-refractivity contribution is 5.78. The Morgan fingerprint density at radius 1 is 1.06 bits per heavy atom. The third kappa shape index (κ3) is 5.14. The second kappa shape index (κ2) is 9.06. The molecular formula is C22H29F2N3O4. The number of carbonyl (C=O) groups is 1. The molecule has 0 aliphatic heterocycles. The lowest BCUT2D eigenvalue weighted by Gasteiger charge is -2.29. The molecule has 7 nitrogen and oxygen atoms in total. The summed E-state index contributed by atoms with van der Waals surface area (Å²) in [4.78, 5) is 19.0. The Bertz CT molecular complexity index is 952. The lowest BCUT2D eigenvalue weighted by molar-refractivity contribution is -0.118. The Labute approximate surface area is 180 Å². The van der Waals surface area contributed by atoms with E-state index in [4.69, 9.17) is 14.2 Å². The van der Waals surface area contributed by atoms with Gasteiger partial charge in [0.15, 0.2) is 5.52 Å². The van der Waals surface area contributed by atoms with Gasteiger partial charge in [-0.15, -0.1) is 0 Å². The van der Waals surface area contributed by atoms with Crippen molar-refractivity contribution in [2.24, 2.45) is 13.0 Å². The number of ether oxygens (including phenoxy) is 3. The third-order valence-electron chi connectivity index (χ3n) is 5.79. The maximum absolute atomic E-state index is 14.9. The topological polar surface area (TPSA) is 75.5 Å². The highest BCUT2D eigenvalue weighted by Gasteiger charge is 2.30. The Morgan fingerprint density at radius 3 is 2.32 bits per heavy atom. The molecule has 0 radical (unpaired) electrons. The first kappa shape index (κ1) is 21.9. The van der Waals surface area contributed by atoms with Gasteiger partial charge in [0.05, 0.1) is 6.10 Å². The average molecular weight is 437 g/mol. The molecule has 2 aromatic heterocycles. The second-order valence-corrected chi connectivity index (χ2v) is 8.85. The molecule has 0 saturated heterocycles. The van der Waals surface area contributed by atoms with Gasteiger partial charge in [0, 0.05) is 20.1 Å². The Hall–Kier alpha value is -2.29. The summed E-state index contributed by atoms with van der Waals surface area (Å²) in [5.41, 5.74) is -0.163. The van der Waals surface area contributed by atoms with Gasteiger partial charge in [-0.25, -0.2) is 0 Å². The van der Waals surface area contributed by atoms with Gasteiger partial charge in [-0.1, -0.05) is 6.92 Å². The van der Waals surface area contributed by atoms with Crippen LogP contribution in [0.1, 0.15) is 58.8 Å². The van der Waals surface area contributed by atoms with E-state index in [-0.39, 0.29) is 52.9 Å². The predicted molar refractivity (Wildman–Crippen MR) is 109 cm³/mol. The SMILES string of the molecule is CC(=O)C[C@@H](C)COC1CCC(Oc2nc3c(F)nc(OC4CC4)c(F)c3n2C)CC1. The van der Waals surface area contributed by atoms with Crippen LogP contribution in [0.3, 0.4) is 0 Å². The number of hydrogen-bond donors (Lipinski definition) is 0. The molecule has 0 aromatic carbocycles. The molecular weight excluding hydrogens is 408 g/mol. The van der Waals surface area contributed by atoms with Gasteiger partial charge in [0.25, 0.3) is 11.9 Å². The molecule has 2 saturated carbocycles. The van der Waals surface area contributed by atoms with Crippen LogP contribution in [0.5, 0.6) is 11.9 Å². The fraction of sp³-hybridized carbons (Fsp3) is 0.682.